The molecule has 1 unspecified atom stereocenters. The number of carbonyl (C=O) groups is 1. The highest BCUT2D eigenvalue weighted by Gasteiger charge is 2.44. The molecule has 0 saturated heterocycles. The van der Waals surface area contributed by atoms with Gasteiger partial charge in [0.05, 0.1) is 17.0 Å². The van der Waals surface area contributed by atoms with Gasteiger partial charge >= 0.3 is 0 Å². The summed E-state index contributed by atoms with van der Waals surface area (Å²) in [6.07, 6.45) is 3.04. The first-order chi connectivity index (χ1) is 13.6. The molecule has 1 N–H and O–H groups in total. The lowest BCUT2D eigenvalue weighted by molar-refractivity contribution is 0.0969. The Kier molecular flexibility index (Phi) is 3.48. The largest absolute Gasteiger partial charge is 0.508 e. The zero-order valence-electron chi connectivity index (χ0n) is 14.4. The Morgan fingerprint density at radius 2 is 1.75 bits per heavy atom. The van der Waals surface area contributed by atoms with E-state index in [1.165, 1.54) is 29.4 Å². The van der Waals surface area contributed by atoms with E-state index >= 15 is 0 Å². The minimum atomic E-state index is -0.808. The third-order valence-corrected chi connectivity index (χ3v) is 4.73. The highest BCUT2D eigenvalue weighted by Crippen LogP contribution is 2.40. The van der Waals surface area contributed by atoms with Gasteiger partial charge < -0.3 is 9.52 Å². The molecule has 4 aromatic rings. The first-order valence-corrected chi connectivity index (χ1v) is 8.60. The van der Waals surface area contributed by atoms with Gasteiger partial charge in [0.2, 0.25) is 11.7 Å². The van der Waals surface area contributed by atoms with E-state index in [2.05, 4.69) is 9.97 Å². The lowest BCUT2D eigenvalue weighted by atomic mass is 9.98. The Labute approximate surface area is 158 Å². The molecule has 1 amide bonds. The maximum absolute atomic E-state index is 13.3. The molecule has 0 radical (unpaired) electrons. The van der Waals surface area contributed by atoms with E-state index in [9.17, 15) is 14.7 Å². The molecule has 5 rings (SSSR count). The first-order valence-electron chi connectivity index (χ1n) is 8.60. The second-order valence-electron chi connectivity index (χ2n) is 6.39. The van der Waals surface area contributed by atoms with Crippen LogP contribution in [0.5, 0.6) is 5.75 Å². The number of anilines is 1. The summed E-state index contributed by atoms with van der Waals surface area (Å²) in [5, 5.41) is 10.3. The van der Waals surface area contributed by atoms with E-state index in [0.29, 0.717) is 16.5 Å². The third kappa shape index (κ3) is 2.30. The summed E-state index contributed by atoms with van der Waals surface area (Å²) in [5.41, 5.74) is 0.811. The zero-order chi connectivity index (χ0) is 19.3. The summed E-state index contributed by atoms with van der Waals surface area (Å²) in [6.45, 7) is 0. The lowest BCUT2D eigenvalue weighted by Crippen LogP contribution is -2.31. The summed E-state index contributed by atoms with van der Waals surface area (Å²) in [4.78, 5) is 36.2. The predicted molar refractivity (Wildman–Crippen MR) is 101 cm³/mol. The molecular weight excluding hydrogens is 358 g/mol. The van der Waals surface area contributed by atoms with Gasteiger partial charge in [-0.1, -0.05) is 24.3 Å². The van der Waals surface area contributed by atoms with Gasteiger partial charge in [0.15, 0.2) is 5.43 Å². The highest BCUT2D eigenvalue weighted by atomic mass is 16.3. The van der Waals surface area contributed by atoms with Gasteiger partial charge in [-0.15, -0.1) is 0 Å². The number of rotatable bonds is 2. The molecule has 136 valence electrons. The number of nitrogens with zero attached hydrogens (tertiary/aromatic N) is 3. The summed E-state index contributed by atoms with van der Waals surface area (Å²) < 4.78 is 5.82. The zero-order valence-corrected chi connectivity index (χ0v) is 14.4. The minimum Gasteiger partial charge on any atom is -0.508 e. The van der Waals surface area contributed by atoms with Crippen molar-refractivity contribution in [1.29, 1.82) is 0 Å². The monoisotopic (exact) mass is 371 g/mol. The van der Waals surface area contributed by atoms with Crippen LogP contribution in [0.4, 0.5) is 5.95 Å². The molecule has 3 heterocycles. The van der Waals surface area contributed by atoms with Crippen LogP contribution in [-0.2, 0) is 0 Å². The molecule has 0 fully saturated rings. The standard InChI is InChI=1S/C21H13N3O4/c25-13-6-3-5-12(11-13)17-16-18(26)14-7-1-2-8-15(14)28-19(16)20(27)24(17)21-22-9-4-10-23-21/h1-11,17,25H. The minimum absolute atomic E-state index is 0.0255. The highest BCUT2D eigenvalue weighted by molar-refractivity contribution is 6.09. The predicted octanol–water partition coefficient (Wildman–Crippen LogP) is 3.04. The topological polar surface area (TPSA) is 96.5 Å². The molecule has 28 heavy (non-hydrogen) atoms. The number of phenolic OH excluding ortho intramolecular Hbond substituents is 1. The van der Waals surface area contributed by atoms with E-state index in [1.807, 2.05) is 0 Å². The Balaban J connectivity index is 1.84. The third-order valence-electron chi connectivity index (χ3n) is 4.73. The number of hydrogen-bond acceptors (Lipinski definition) is 6. The van der Waals surface area contributed by atoms with Gasteiger partial charge in [-0.05, 0) is 35.9 Å². The van der Waals surface area contributed by atoms with E-state index < -0.39 is 11.9 Å². The van der Waals surface area contributed by atoms with Crippen molar-refractivity contribution in [2.45, 2.75) is 6.04 Å². The van der Waals surface area contributed by atoms with E-state index in [-0.39, 0.29) is 28.5 Å². The van der Waals surface area contributed by atoms with Crippen LogP contribution in [0.25, 0.3) is 11.0 Å². The Morgan fingerprint density at radius 1 is 0.964 bits per heavy atom. The summed E-state index contributed by atoms with van der Waals surface area (Å²) in [5.74, 6) is -0.366. The fourth-order valence-electron chi connectivity index (χ4n) is 3.55. The normalized spacial score (nSPS) is 15.8. The smallest absolute Gasteiger partial charge is 0.297 e. The first kappa shape index (κ1) is 16.2. The van der Waals surface area contributed by atoms with Crippen molar-refractivity contribution >= 4 is 22.8 Å². The van der Waals surface area contributed by atoms with Crippen LogP contribution in [0, 0.1) is 0 Å². The summed E-state index contributed by atoms with van der Waals surface area (Å²) in [6, 6.07) is 14.0. The van der Waals surface area contributed by atoms with E-state index in [1.54, 1.807) is 42.5 Å². The molecule has 0 aliphatic carbocycles. The molecule has 1 aliphatic heterocycles. The quantitative estimate of drug-likeness (QED) is 0.582. The van der Waals surface area contributed by atoms with Crippen LogP contribution in [0.1, 0.15) is 27.7 Å². The second kappa shape index (κ2) is 6.02. The van der Waals surface area contributed by atoms with Gasteiger partial charge in [-0.3, -0.25) is 14.5 Å². The maximum atomic E-state index is 13.3. The van der Waals surface area contributed by atoms with Crippen LogP contribution < -0.4 is 10.3 Å². The van der Waals surface area contributed by atoms with Crippen LogP contribution in [0.2, 0.25) is 0 Å². The molecule has 1 atom stereocenters. The van der Waals surface area contributed by atoms with Gasteiger partial charge in [-0.2, -0.15) is 0 Å². The van der Waals surface area contributed by atoms with Gasteiger partial charge in [-0.25, -0.2) is 9.97 Å². The molecule has 7 nitrogen and oxygen atoms in total. The summed E-state index contributed by atoms with van der Waals surface area (Å²) >= 11 is 0. The molecule has 7 heteroatoms. The van der Waals surface area contributed by atoms with Crippen molar-refractivity contribution in [3.63, 3.8) is 0 Å². The molecule has 2 aromatic heterocycles. The van der Waals surface area contributed by atoms with Crippen molar-refractivity contribution in [2.75, 3.05) is 4.90 Å². The number of phenols is 1. The van der Waals surface area contributed by atoms with Gasteiger partial charge in [0.1, 0.15) is 11.3 Å². The lowest BCUT2D eigenvalue weighted by Gasteiger charge is -2.23. The van der Waals surface area contributed by atoms with Gasteiger partial charge in [0, 0.05) is 12.4 Å². The molecule has 0 spiro atoms. The number of aromatic hydroxyl groups is 1. The Bertz CT molecular complexity index is 1280. The summed E-state index contributed by atoms with van der Waals surface area (Å²) in [7, 11) is 0. The number of fused-ring (bicyclic) bond motifs is 2. The average molecular weight is 371 g/mol. The van der Waals surface area contributed by atoms with Crippen LogP contribution >= 0.6 is 0 Å². The number of hydrogen-bond donors (Lipinski definition) is 1. The van der Waals surface area contributed by atoms with E-state index in [4.69, 9.17) is 4.42 Å². The fourth-order valence-corrected chi connectivity index (χ4v) is 3.55. The Hall–Kier alpha value is -4.00. The number of para-hydroxylation sites is 1. The molecule has 2 aromatic carbocycles. The average Bonchev–Trinajstić information content (AvgIpc) is 3.02. The van der Waals surface area contributed by atoms with Crippen molar-refractivity contribution in [2.24, 2.45) is 0 Å². The number of carbonyl (C=O) groups excluding carboxylic acids is 1. The van der Waals surface area contributed by atoms with Crippen molar-refractivity contribution in [3.05, 3.63) is 94.1 Å². The van der Waals surface area contributed by atoms with E-state index in [0.717, 1.165) is 0 Å². The fraction of sp³-hybridized carbons (Fsp3) is 0.0476. The van der Waals surface area contributed by atoms with Crippen LogP contribution in [0.3, 0.4) is 0 Å². The van der Waals surface area contributed by atoms with Crippen molar-refractivity contribution in [3.8, 4) is 5.75 Å². The van der Waals surface area contributed by atoms with Crippen molar-refractivity contribution < 1.29 is 14.3 Å². The number of aromatic nitrogens is 2. The maximum Gasteiger partial charge on any atom is 0.297 e. The van der Waals surface area contributed by atoms with Crippen LogP contribution in [-0.4, -0.2) is 21.0 Å². The number of benzene rings is 2. The molecule has 0 saturated carbocycles. The molecular formula is C21H13N3O4. The second-order valence-corrected chi connectivity index (χ2v) is 6.39. The van der Waals surface area contributed by atoms with Gasteiger partial charge in [0.25, 0.3) is 5.91 Å². The SMILES string of the molecule is O=C1c2oc3ccccc3c(=O)c2C(c2cccc(O)c2)N1c1ncccn1. The Morgan fingerprint density at radius 3 is 2.54 bits per heavy atom. The van der Waals surface area contributed by atoms with Crippen molar-refractivity contribution in [1.82, 2.24) is 9.97 Å². The molecule has 0 bridgehead atoms. The number of amides is 1. The van der Waals surface area contributed by atoms with Crippen LogP contribution in [0.15, 0.2) is 76.2 Å². The molecule has 1 aliphatic rings.